The molecule has 0 amide bonds. The monoisotopic (exact) mass is 223 g/mol. The van der Waals surface area contributed by atoms with Crippen molar-refractivity contribution in [2.45, 2.75) is 6.42 Å². The number of phenols is 1. The van der Waals surface area contributed by atoms with Crippen LogP contribution in [0.5, 0.6) is 5.75 Å². The van der Waals surface area contributed by atoms with Gasteiger partial charge in [-0.1, -0.05) is 11.6 Å². The van der Waals surface area contributed by atoms with Gasteiger partial charge in [-0.2, -0.15) is 0 Å². The Bertz CT molecular complexity index is 320. The van der Waals surface area contributed by atoms with Crippen LogP contribution in [0.2, 0.25) is 5.02 Å². The lowest BCUT2D eigenvalue weighted by molar-refractivity contribution is 0.140. The molecule has 0 aliphatic heterocycles. The van der Waals surface area contributed by atoms with Crippen LogP contribution in [0.15, 0.2) is 6.07 Å². The van der Waals surface area contributed by atoms with Crippen LogP contribution < -0.4 is 5.90 Å². The first-order chi connectivity index (χ1) is 6.57. The van der Waals surface area contributed by atoms with Crippen LogP contribution in [0, 0.1) is 11.6 Å². The minimum Gasteiger partial charge on any atom is -0.505 e. The maximum absolute atomic E-state index is 13.2. The third kappa shape index (κ3) is 2.12. The molecule has 0 fully saturated rings. The predicted octanol–water partition coefficient (Wildman–Crippen LogP) is 1.76. The van der Waals surface area contributed by atoms with Gasteiger partial charge >= 0.3 is 0 Å². The van der Waals surface area contributed by atoms with Crippen molar-refractivity contribution in [3.63, 3.8) is 0 Å². The third-order valence-corrected chi connectivity index (χ3v) is 1.99. The largest absolute Gasteiger partial charge is 0.505 e. The van der Waals surface area contributed by atoms with Crippen molar-refractivity contribution < 1.29 is 18.7 Å². The minimum absolute atomic E-state index is 0.0374. The van der Waals surface area contributed by atoms with Gasteiger partial charge in [0, 0.05) is 12.0 Å². The fraction of sp³-hybridized carbons (Fsp3) is 0.250. The molecule has 1 aromatic rings. The number of hydrogen-bond donors (Lipinski definition) is 2. The Morgan fingerprint density at radius 1 is 1.50 bits per heavy atom. The second-order valence-corrected chi connectivity index (χ2v) is 3.01. The van der Waals surface area contributed by atoms with Crippen molar-refractivity contribution in [1.29, 1.82) is 0 Å². The SMILES string of the molecule is NOCCc1c(O)c(F)cc(Cl)c1F. The maximum atomic E-state index is 13.2. The van der Waals surface area contributed by atoms with Crippen molar-refractivity contribution in [2.75, 3.05) is 6.61 Å². The maximum Gasteiger partial charge on any atom is 0.166 e. The minimum atomic E-state index is -0.969. The highest BCUT2D eigenvalue weighted by Crippen LogP contribution is 2.29. The zero-order valence-corrected chi connectivity index (χ0v) is 7.81. The van der Waals surface area contributed by atoms with Gasteiger partial charge in [0.25, 0.3) is 0 Å². The molecule has 0 saturated heterocycles. The van der Waals surface area contributed by atoms with E-state index in [4.69, 9.17) is 22.6 Å². The molecule has 0 unspecified atom stereocenters. The molecule has 3 N–H and O–H groups in total. The molecule has 6 heteroatoms. The Morgan fingerprint density at radius 3 is 2.71 bits per heavy atom. The van der Waals surface area contributed by atoms with Gasteiger partial charge < -0.3 is 9.94 Å². The molecule has 14 heavy (non-hydrogen) atoms. The Kier molecular flexibility index (Phi) is 3.62. The molecule has 0 aliphatic carbocycles. The lowest BCUT2D eigenvalue weighted by Gasteiger charge is -2.07. The standard InChI is InChI=1S/C8H8ClF2NO2/c9-5-3-6(10)8(13)4(7(5)11)1-2-14-12/h3,13H,1-2,12H2. The summed E-state index contributed by atoms with van der Waals surface area (Å²) >= 11 is 5.37. The van der Waals surface area contributed by atoms with Gasteiger partial charge in [0.1, 0.15) is 5.82 Å². The lowest BCUT2D eigenvalue weighted by atomic mass is 10.1. The molecule has 0 radical (unpaired) electrons. The van der Waals surface area contributed by atoms with Crippen molar-refractivity contribution in [3.8, 4) is 5.75 Å². The number of hydrogen-bond acceptors (Lipinski definition) is 3. The highest BCUT2D eigenvalue weighted by Gasteiger charge is 2.16. The second kappa shape index (κ2) is 4.54. The Balaban J connectivity index is 3.11. The Morgan fingerprint density at radius 2 is 2.14 bits per heavy atom. The van der Waals surface area contributed by atoms with Crippen LogP contribution in [0.1, 0.15) is 5.56 Å². The first-order valence-corrected chi connectivity index (χ1v) is 4.12. The van der Waals surface area contributed by atoms with E-state index < -0.39 is 17.4 Å². The first-order valence-electron chi connectivity index (χ1n) is 3.75. The van der Waals surface area contributed by atoms with E-state index in [1.807, 2.05) is 0 Å². The molecule has 0 saturated carbocycles. The third-order valence-electron chi connectivity index (χ3n) is 1.71. The van der Waals surface area contributed by atoms with Gasteiger partial charge in [-0.05, 0) is 6.07 Å². The van der Waals surface area contributed by atoms with E-state index in [0.717, 1.165) is 0 Å². The van der Waals surface area contributed by atoms with E-state index >= 15 is 0 Å². The first kappa shape index (κ1) is 11.2. The topological polar surface area (TPSA) is 55.5 Å². The van der Waals surface area contributed by atoms with Crippen LogP contribution in [-0.4, -0.2) is 11.7 Å². The molecule has 0 aliphatic rings. The van der Waals surface area contributed by atoms with E-state index in [-0.39, 0.29) is 23.6 Å². The molecule has 0 aromatic heterocycles. The summed E-state index contributed by atoms with van der Waals surface area (Å²) < 4.78 is 26.1. The summed E-state index contributed by atoms with van der Waals surface area (Å²) in [6.45, 7) is -0.0374. The zero-order valence-electron chi connectivity index (χ0n) is 7.06. The normalized spacial score (nSPS) is 10.6. The second-order valence-electron chi connectivity index (χ2n) is 2.60. The molecule has 0 heterocycles. The van der Waals surface area contributed by atoms with Crippen LogP contribution >= 0.6 is 11.6 Å². The van der Waals surface area contributed by atoms with Gasteiger partial charge in [-0.3, -0.25) is 0 Å². The predicted molar refractivity (Wildman–Crippen MR) is 46.9 cm³/mol. The Hall–Kier alpha value is -0.910. The Labute approximate surface area is 84.0 Å². The lowest BCUT2D eigenvalue weighted by Crippen LogP contribution is -2.06. The summed E-state index contributed by atoms with van der Waals surface area (Å²) in [7, 11) is 0. The van der Waals surface area contributed by atoms with Crippen LogP contribution in [0.3, 0.4) is 0 Å². The van der Waals surface area contributed by atoms with Crippen LogP contribution in [0.25, 0.3) is 0 Å². The van der Waals surface area contributed by atoms with Crippen molar-refractivity contribution in [2.24, 2.45) is 5.90 Å². The zero-order chi connectivity index (χ0) is 10.7. The van der Waals surface area contributed by atoms with Crippen molar-refractivity contribution >= 4 is 11.6 Å². The molecule has 0 bridgehead atoms. The number of nitrogens with two attached hydrogens (primary N) is 1. The summed E-state index contributed by atoms with van der Waals surface area (Å²) in [5.41, 5.74) is -0.236. The van der Waals surface area contributed by atoms with Gasteiger partial charge in [0.15, 0.2) is 11.6 Å². The average molecular weight is 224 g/mol. The van der Waals surface area contributed by atoms with Gasteiger partial charge in [-0.25, -0.2) is 14.7 Å². The fourth-order valence-electron chi connectivity index (χ4n) is 1.02. The van der Waals surface area contributed by atoms with Gasteiger partial charge in [0.05, 0.1) is 11.6 Å². The number of rotatable bonds is 3. The molecule has 0 spiro atoms. The molecule has 3 nitrogen and oxygen atoms in total. The summed E-state index contributed by atoms with van der Waals surface area (Å²) in [5.74, 6) is 2.13. The molecule has 1 aromatic carbocycles. The number of phenolic OH excluding ortho intramolecular Hbond substituents is 1. The molecule has 0 atom stereocenters. The van der Waals surface area contributed by atoms with Crippen LogP contribution in [0.4, 0.5) is 8.78 Å². The number of halogens is 3. The number of benzene rings is 1. The highest BCUT2D eigenvalue weighted by atomic mass is 35.5. The summed E-state index contributed by atoms with van der Waals surface area (Å²) in [6.07, 6.45) is -0.0500. The van der Waals surface area contributed by atoms with Crippen LogP contribution in [-0.2, 0) is 11.3 Å². The van der Waals surface area contributed by atoms with E-state index in [9.17, 15) is 8.78 Å². The van der Waals surface area contributed by atoms with E-state index in [1.54, 1.807) is 0 Å². The highest BCUT2D eigenvalue weighted by molar-refractivity contribution is 6.30. The molecule has 78 valence electrons. The fourth-order valence-corrected chi connectivity index (χ4v) is 1.23. The smallest absolute Gasteiger partial charge is 0.166 e. The number of aromatic hydroxyl groups is 1. The summed E-state index contributed by atoms with van der Waals surface area (Å²) in [6, 6.07) is 0.707. The average Bonchev–Trinajstić information content (AvgIpc) is 2.15. The molecule has 1 rings (SSSR count). The van der Waals surface area contributed by atoms with E-state index in [0.29, 0.717) is 6.07 Å². The summed E-state index contributed by atoms with van der Waals surface area (Å²) in [4.78, 5) is 4.19. The van der Waals surface area contributed by atoms with E-state index in [1.165, 1.54) is 0 Å². The van der Waals surface area contributed by atoms with Gasteiger partial charge in [-0.15, -0.1) is 0 Å². The van der Waals surface area contributed by atoms with Crippen molar-refractivity contribution in [3.05, 3.63) is 28.3 Å². The molecular formula is C8H8ClF2NO2. The summed E-state index contributed by atoms with van der Waals surface area (Å²) in [5, 5.41) is 8.78. The quantitative estimate of drug-likeness (QED) is 0.606. The van der Waals surface area contributed by atoms with Crippen molar-refractivity contribution in [1.82, 2.24) is 0 Å². The molecular weight excluding hydrogens is 216 g/mol. The van der Waals surface area contributed by atoms with Gasteiger partial charge in [0.2, 0.25) is 0 Å². The van der Waals surface area contributed by atoms with E-state index in [2.05, 4.69) is 4.84 Å².